The van der Waals surface area contributed by atoms with E-state index < -0.39 is 0 Å². The first kappa shape index (κ1) is 19.4. The van der Waals surface area contributed by atoms with Crippen molar-refractivity contribution >= 4 is 17.2 Å². The lowest BCUT2D eigenvalue weighted by Crippen LogP contribution is -2.36. The Kier molecular flexibility index (Phi) is 5.80. The number of rotatable bonds is 6. The Labute approximate surface area is 172 Å². The van der Waals surface area contributed by atoms with Gasteiger partial charge in [0.1, 0.15) is 11.6 Å². The molecular weight excluding hydrogens is 388 g/mol. The van der Waals surface area contributed by atoms with Gasteiger partial charge < -0.3 is 10.1 Å². The second kappa shape index (κ2) is 8.65. The van der Waals surface area contributed by atoms with Crippen molar-refractivity contribution in [3.63, 3.8) is 0 Å². The van der Waals surface area contributed by atoms with Crippen LogP contribution in [0.5, 0.6) is 5.75 Å². The number of nitrogens with one attached hydrogen (secondary N) is 1. The molecule has 0 aliphatic carbocycles. The molecule has 3 heterocycles. The van der Waals surface area contributed by atoms with Gasteiger partial charge in [-0.05, 0) is 52.9 Å². The molecule has 0 radical (unpaired) electrons. The molecular formula is C21H24N4O3S. The Bertz CT molecular complexity index is 1040. The van der Waals surface area contributed by atoms with Crippen molar-refractivity contribution in [1.29, 1.82) is 0 Å². The average molecular weight is 413 g/mol. The first-order valence-electron chi connectivity index (χ1n) is 9.72. The minimum Gasteiger partial charge on any atom is -0.497 e. The van der Waals surface area contributed by atoms with Gasteiger partial charge in [0, 0.05) is 19.0 Å². The quantitative estimate of drug-likeness (QED) is 0.674. The number of ether oxygens (including phenoxy) is 1. The molecule has 1 N–H and O–H groups in total. The Balaban J connectivity index is 1.40. The van der Waals surface area contributed by atoms with E-state index in [0.717, 1.165) is 35.5 Å². The number of fused-ring (bicyclic) bond motifs is 1. The predicted octanol–water partition coefficient (Wildman–Crippen LogP) is 2.23. The van der Waals surface area contributed by atoms with E-state index in [-0.39, 0.29) is 17.6 Å². The van der Waals surface area contributed by atoms with E-state index in [1.165, 1.54) is 4.68 Å². The highest BCUT2D eigenvalue weighted by atomic mass is 32.1. The summed E-state index contributed by atoms with van der Waals surface area (Å²) in [5.74, 6) is 1.58. The third kappa shape index (κ3) is 4.59. The largest absolute Gasteiger partial charge is 0.497 e. The van der Waals surface area contributed by atoms with Gasteiger partial charge in [-0.25, -0.2) is 9.48 Å². The van der Waals surface area contributed by atoms with Crippen molar-refractivity contribution < 1.29 is 9.53 Å². The fourth-order valence-electron chi connectivity index (χ4n) is 3.68. The molecule has 4 rings (SSSR count). The minimum atomic E-state index is -0.104. The molecule has 1 atom stereocenters. The fourth-order valence-corrected chi connectivity index (χ4v) is 4.35. The maximum atomic E-state index is 12.8. The average Bonchev–Trinajstić information content (AvgIpc) is 3.27. The molecule has 1 aliphatic heterocycles. The number of thiophene rings is 1. The molecule has 0 saturated carbocycles. The Hall–Kier alpha value is -2.87. The van der Waals surface area contributed by atoms with Crippen LogP contribution >= 0.6 is 11.3 Å². The lowest BCUT2D eigenvalue weighted by Gasteiger charge is -2.15. The van der Waals surface area contributed by atoms with Crippen molar-refractivity contribution in [2.24, 2.45) is 0 Å². The highest BCUT2D eigenvalue weighted by Crippen LogP contribution is 2.15. The fraction of sp³-hybridized carbons (Fsp3) is 0.381. The highest BCUT2D eigenvalue weighted by molar-refractivity contribution is 7.08. The van der Waals surface area contributed by atoms with Crippen LogP contribution in [0.15, 0.2) is 45.9 Å². The number of nitrogens with zero attached hydrogens (tertiary/aromatic N) is 3. The van der Waals surface area contributed by atoms with Crippen molar-refractivity contribution in [3.8, 4) is 5.75 Å². The molecule has 2 aromatic heterocycles. The zero-order valence-corrected chi connectivity index (χ0v) is 17.2. The summed E-state index contributed by atoms with van der Waals surface area (Å²) in [6.45, 7) is 0.979. The number of amides is 1. The normalized spacial score (nSPS) is 16.1. The van der Waals surface area contributed by atoms with Gasteiger partial charge >= 0.3 is 5.69 Å². The van der Waals surface area contributed by atoms with E-state index in [1.807, 2.05) is 41.1 Å². The first-order chi connectivity index (χ1) is 14.1. The Morgan fingerprint density at radius 1 is 1.31 bits per heavy atom. The van der Waals surface area contributed by atoms with E-state index in [0.29, 0.717) is 25.9 Å². The van der Waals surface area contributed by atoms with Crippen molar-refractivity contribution in [3.05, 3.63) is 68.5 Å². The standard InChI is InChI=1S/C21H24N4O3S/c1-28-18-4-2-3-15(11-18)13-25-21(27)24-9-7-17(5-6-19(24)23-25)22-20(26)12-16-8-10-29-14-16/h2-4,8,10-11,14,17H,5-7,9,12-13H2,1H3,(H,22,26). The molecule has 0 saturated heterocycles. The van der Waals surface area contributed by atoms with Gasteiger partial charge in [0.15, 0.2) is 0 Å². The summed E-state index contributed by atoms with van der Waals surface area (Å²) in [7, 11) is 1.62. The van der Waals surface area contributed by atoms with Crippen LogP contribution in [0.25, 0.3) is 0 Å². The molecule has 29 heavy (non-hydrogen) atoms. The molecule has 1 aromatic carbocycles. The Morgan fingerprint density at radius 2 is 2.21 bits per heavy atom. The number of aryl methyl sites for hydroxylation is 1. The molecule has 152 valence electrons. The van der Waals surface area contributed by atoms with Crippen LogP contribution in [0.2, 0.25) is 0 Å². The molecule has 1 aliphatic rings. The lowest BCUT2D eigenvalue weighted by molar-refractivity contribution is -0.121. The SMILES string of the molecule is COc1cccc(Cn2nc3n(c2=O)CCC(NC(=O)Cc2ccsc2)CC3)c1. The summed E-state index contributed by atoms with van der Waals surface area (Å²) in [5, 5.41) is 11.6. The van der Waals surface area contributed by atoms with Gasteiger partial charge in [0.05, 0.1) is 20.1 Å². The van der Waals surface area contributed by atoms with Crippen LogP contribution in [-0.2, 0) is 30.7 Å². The van der Waals surface area contributed by atoms with E-state index >= 15 is 0 Å². The van der Waals surface area contributed by atoms with Crippen LogP contribution in [0.3, 0.4) is 0 Å². The maximum Gasteiger partial charge on any atom is 0.346 e. The minimum absolute atomic E-state index is 0.0309. The van der Waals surface area contributed by atoms with Gasteiger partial charge in [0.2, 0.25) is 5.91 Å². The zero-order valence-electron chi connectivity index (χ0n) is 16.3. The Morgan fingerprint density at radius 3 is 3.00 bits per heavy atom. The number of benzene rings is 1. The molecule has 0 fully saturated rings. The van der Waals surface area contributed by atoms with Gasteiger partial charge in [-0.2, -0.15) is 16.4 Å². The number of hydrogen-bond acceptors (Lipinski definition) is 5. The smallest absolute Gasteiger partial charge is 0.346 e. The second-order valence-corrected chi connectivity index (χ2v) is 8.04. The third-order valence-corrected chi connectivity index (χ3v) is 5.93. The van der Waals surface area contributed by atoms with E-state index in [4.69, 9.17) is 4.74 Å². The van der Waals surface area contributed by atoms with Gasteiger partial charge in [0.25, 0.3) is 0 Å². The molecule has 1 unspecified atom stereocenters. The molecule has 0 spiro atoms. The first-order valence-corrected chi connectivity index (χ1v) is 10.7. The van der Waals surface area contributed by atoms with Crippen LogP contribution < -0.4 is 15.7 Å². The predicted molar refractivity (Wildman–Crippen MR) is 111 cm³/mol. The highest BCUT2D eigenvalue weighted by Gasteiger charge is 2.22. The van der Waals surface area contributed by atoms with Crippen LogP contribution in [0.4, 0.5) is 0 Å². The van der Waals surface area contributed by atoms with Gasteiger partial charge in [-0.1, -0.05) is 12.1 Å². The topological polar surface area (TPSA) is 78.2 Å². The summed E-state index contributed by atoms with van der Waals surface area (Å²) < 4.78 is 8.50. The van der Waals surface area contributed by atoms with Crippen LogP contribution in [0.1, 0.15) is 29.8 Å². The summed E-state index contributed by atoms with van der Waals surface area (Å²) in [4.78, 5) is 25.1. The summed E-state index contributed by atoms with van der Waals surface area (Å²) >= 11 is 1.59. The van der Waals surface area contributed by atoms with Gasteiger partial charge in [-0.3, -0.25) is 9.36 Å². The molecule has 8 heteroatoms. The summed E-state index contributed by atoms with van der Waals surface area (Å²) in [6, 6.07) is 9.69. The van der Waals surface area contributed by atoms with Crippen LogP contribution in [-0.4, -0.2) is 33.4 Å². The van der Waals surface area contributed by atoms with Crippen molar-refractivity contribution in [2.75, 3.05) is 7.11 Å². The number of methoxy groups -OCH3 is 1. The monoisotopic (exact) mass is 412 g/mol. The molecule has 3 aromatic rings. The third-order valence-electron chi connectivity index (χ3n) is 5.19. The molecule has 1 amide bonds. The number of hydrogen-bond donors (Lipinski definition) is 1. The van der Waals surface area contributed by atoms with Gasteiger partial charge in [-0.15, -0.1) is 0 Å². The molecule has 7 nitrogen and oxygen atoms in total. The molecule has 0 bridgehead atoms. The van der Waals surface area contributed by atoms with Crippen molar-refractivity contribution in [1.82, 2.24) is 19.7 Å². The summed E-state index contributed by atoms with van der Waals surface area (Å²) in [5.41, 5.74) is 1.90. The van der Waals surface area contributed by atoms with E-state index in [9.17, 15) is 9.59 Å². The second-order valence-electron chi connectivity index (χ2n) is 7.26. The number of carbonyl (C=O) groups is 1. The zero-order chi connectivity index (χ0) is 20.2. The number of carbonyl (C=O) groups excluding carboxylic acids is 1. The van der Waals surface area contributed by atoms with Crippen molar-refractivity contribution in [2.45, 2.75) is 44.8 Å². The summed E-state index contributed by atoms with van der Waals surface area (Å²) in [6.07, 6.45) is 2.58. The van der Waals surface area contributed by atoms with Crippen LogP contribution in [0, 0.1) is 0 Å². The van der Waals surface area contributed by atoms with E-state index in [1.54, 1.807) is 23.0 Å². The number of aromatic nitrogens is 3. The lowest BCUT2D eigenvalue weighted by atomic mass is 10.1. The van der Waals surface area contributed by atoms with E-state index in [2.05, 4.69) is 10.4 Å². The maximum absolute atomic E-state index is 12.8.